The summed E-state index contributed by atoms with van der Waals surface area (Å²) in [5.74, 6) is -1.72. The van der Waals surface area contributed by atoms with Crippen LogP contribution in [0.4, 0.5) is 0 Å². The average Bonchev–Trinajstić information content (AvgIpc) is 2.38. The predicted octanol–water partition coefficient (Wildman–Crippen LogP) is 0.312. The summed E-state index contributed by atoms with van der Waals surface area (Å²) in [4.78, 5) is 38.1. The molecule has 1 fully saturated rings. The summed E-state index contributed by atoms with van der Waals surface area (Å²) >= 11 is 0. The number of rotatable bonds is 2. The number of aromatic nitrogens is 1. The van der Waals surface area contributed by atoms with Crippen molar-refractivity contribution in [3.05, 3.63) is 34.2 Å². The highest BCUT2D eigenvalue weighted by molar-refractivity contribution is 5.92. The lowest BCUT2D eigenvalue weighted by atomic mass is 9.98. The minimum atomic E-state index is -0.881. The molecule has 1 aromatic heterocycles. The Morgan fingerprint density at radius 2 is 2.17 bits per heavy atom. The molecule has 1 atom stereocenters. The molecule has 1 aliphatic heterocycles. The minimum Gasteiger partial charge on any atom is -0.481 e. The van der Waals surface area contributed by atoms with Gasteiger partial charge < -0.3 is 15.0 Å². The highest BCUT2D eigenvalue weighted by Crippen LogP contribution is 2.17. The van der Waals surface area contributed by atoms with Crippen LogP contribution < -0.4 is 5.56 Å². The maximum Gasteiger partial charge on any atom is 0.308 e. The molecule has 0 saturated carbocycles. The number of hydrogen-bond donors (Lipinski definition) is 2. The smallest absolute Gasteiger partial charge is 0.308 e. The molecule has 18 heavy (non-hydrogen) atoms. The molecule has 0 aliphatic carbocycles. The van der Waals surface area contributed by atoms with Gasteiger partial charge in [-0.05, 0) is 18.9 Å². The van der Waals surface area contributed by atoms with Crippen LogP contribution in [0, 0.1) is 5.92 Å². The van der Waals surface area contributed by atoms with Crippen molar-refractivity contribution in [2.45, 2.75) is 12.8 Å². The fourth-order valence-electron chi connectivity index (χ4n) is 2.11. The van der Waals surface area contributed by atoms with E-state index in [1.165, 1.54) is 23.1 Å². The van der Waals surface area contributed by atoms with Gasteiger partial charge in [0.2, 0.25) is 5.56 Å². The first-order valence-corrected chi connectivity index (χ1v) is 5.79. The predicted molar refractivity (Wildman–Crippen MR) is 63.3 cm³/mol. The number of carbonyl (C=O) groups excluding carboxylic acids is 1. The molecule has 0 radical (unpaired) electrons. The van der Waals surface area contributed by atoms with E-state index in [0.29, 0.717) is 19.4 Å². The fraction of sp³-hybridized carbons (Fsp3) is 0.417. The van der Waals surface area contributed by atoms with Crippen molar-refractivity contribution in [3.8, 4) is 0 Å². The van der Waals surface area contributed by atoms with Crippen molar-refractivity contribution in [2.24, 2.45) is 5.92 Å². The molecule has 2 N–H and O–H groups in total. The van der Waals surface area contributed by atoms with Gasteiger partial charge in [-0.2, -0.15) is 0 Å². The van der Waals surface area contributed by atoms with Crippen molar-refractivity contribution in [2.75, 3.05) is 13.1 Å². The normalized spacial score (nSPS) is 19.6. The van der Waals surface area contributed by atoms with Gasteiger partial charge in [0.15, 0.2) is 0 Å². The molecule has 1 aliphatic rings. The maximum atomic E-state index is 12.1. The number of carboxylic acid groups (broad SMARTS) is 1. The van der Waals surface area contributed by atoms with E-state index in [0.717, 1.165) is 0 Å². The lowest BCUT2D eigenvalue weighted by molar-refractivity contribution is -0.143. The number of carbonyl (C=O) groups is 2. The monoisotopic (exact) mass is 250 g/mol. The third-order valence-electron chi connectivity index (χ3n) is 3.06. The second-order valence-corrected chi connectivity index (χ2v) is 4.36. The van der Waals surface area contributed by atoms with Gasteiger partial charge in [-0.25, -0.2) is 0 Å². The highest BCUT2D eigenvalue weighted by Gasteiger charge is 2.28. The Morgan fingerprint density at radius 1 is 1.39 bits per heavy atom. The second-order valence-electron chi connectivity index (χ2n) is 4.36. The number of piperidine rings is 1. The van der Waals surface area contributed by atoms with Gasteiger partial charge in [0.1, 0.15) is 5.69 Å². The number of nitrogens with zero attached hydrogens (tertiary/aromatic N) is 1. The summed E-state index contributed by atoms with van der Waals surface area (Å²) in [5, 5.41) is 8.96. The van der Waals surface area contributed by atoms with Crippen LogP contribution in [0.5, 0.6) is 0 Å². The van der Waals surface area contributed by atoms with E-state index in [9.17, 15) is 14.4 Å². The number of aliphatic carboxylic acids is 1. The summed E-state index contributed by atoms with van der Waals surface area (Å²) in [5.41, 5.74) is -0.138. The van der Waals surface area contributed by atoms with E-state index >= 15 is 0 Å². The van der Waals surface area contributed by atoms with Crippen LogP contribution in [0.25, 0.3) is 0 Å². The van der Waals surface area contributed by atoms with Crippen molar-refractivity contribution < 1.29 is 14.7 Å². The molecular weight excluding hydrogens is 236 g/mol. The molecule has 1 amide bonds. The Kier molecular flexibility index (Phi) is 3.45. The second kappa shape index (κ2) is 5.03. The van der Waals surface area contributed by atoms with Crippen LogP contribution in [0.3, 0.4) is 0 Å². The number of amides is 1. The number of nitrogens with one attached hydrogen (secondary N) is 1. The molecule has 2 rings (SSSR count). The number of carboxylic acids is 1. The lowest BCUT2D eigenvalue weighted by Gasteiger charge is -2.30. The summed E-state index contributed by atoms with van der Waals surface area (Å²) in [7, 11) is 0. The van der Waals surface area contributed by atoms with Crippen molar-refractivity contribution in [1.82, 2.24) is 9.88 Å². The van der Waals surface area contributed by atoms with Gasteiger partial charge in [-0.1, -0.05) is 6.07 Å². The third-order valence-corrected chi connectivity index (χ3v) is 3.06. The van der Waals surface area contributed by atoms with Crippen LogP contribution in [0.1, 0.15) is 23.3 Å². The summed E-state index contributed by atoms with van der Waals surface area (Å²) in [6.45, 7) is 0.727. The number of likely N-dealkylation sites (tertiary alicyclic amines) is 1. The quantitative estimate of drug-likeness (QED) is 0.790. The zero-order valence-corrected chi connectivity index (χ0v) is 9.76. The zero-order valence-electron chi connectivity index (χ0n) is 9.76. The fourth-order valence-corrected chi connectivity index (χ4v) is 2.11. The highest BCUT2D eigenvalue weighted by atomic mass is 16.4. The molecule has 96 valence electrons. The van der Waals surface area contributed by atoms with E-state index in [-0.39, 0.29) is 23.7 Å². The largest absolute Gasteiger partial charge is 0.481 e. The van der Waals surface area contributed by atoms with Crippen LogP contribution in [0.15, 0.2) is 23.0 Å². The van der Waals surface area contributed by atoms with Crippen LogP contribution >= 0.6 is 0 Å². The van der Waals surface area contributed by atoms with Crippen LogP contribution in [0.2, 0.25) is 0 Å². The first kappa shape index (κ1) is 12.3. The molecular formula is C12H14N2O4. The van der Waals surface area contributed by atoms with Gasteiger partial charge in [0, 0.05) is 19.2 Å². The number of pyridine rings is 1. The Hall–Kier alpha value is -2.11. The van der Waals surface area contributed by atoms with Gasteiger partial charge in [0.05, 0.1) is 5.92 Å². The summed E-state index contributed by atoms with van der Waals surface area (Å²) < 4.78 is 0. The van der Waals surface area contributed by atoms with Gasteiger partial charge in [-0.15, -0.1) is 0 Å². The standard InChI is InChI=1S/C12H14N2O4/c15-10-5-1-4-9(13-10)11(16)14-6-2-3-8(7-14)12(17)18/h1,4-5,8H,2-3,6-7H2,(H,13,15)(H,17,18)/t8-/m0/s1. The van der Waals surface area contributed by atoms with Gasteiger partial charge in [-0.3, -0.25) is 14.4 Å². The number of H-pyrrole nitrogens is 1. The van der Waals surface area contributed by atoms with E-state index in [2.05, 4.69) is 4.98 Å². The van der Waals surface area contributed by atoms with E-state index < -0.39 is 11.9 Å². The molecule has 2 heterocycles. The number of hydrogen-bond acceptors (Lipinski definition) is 3. The molecule has 1 aromatic rings. The Bertz CT molecular complexity index is 523. The van der Waals surface area contributed by atoms with Gasteiger partial charge in [0.25, 0.3) is 5.91 Å². The van der Waals surface area contributed by atoms with E-state index in [1.807, 2.05) is 0 Å². The summed E-state index contributed by atoms with van der Waals surface area (Å²) in [6, 6.07) is 4.35. The number of aromatic amines is 1. The Morgan fingerprint density at radius 3 is 2.83 bits per heavy atom. The van der Waals surface area contributed by atoms with Crippen molar-refractivity contribution in [3.63, 3.8) is 0 Å². The van der Waals surface area contributed by atoms with Crippen molar-refractivity contribution in [1.29, 1.82) is 0 Å². The Balaban J connectivity index is 2.14. The van der Waals surface area contributed by atoms with E-state index in [4.69, 9.17) is 5.11 Å². The first-order valence-electron chi connectivity index (χ1n) is 5.79. The molecule has 0 spiro atoms. The summed E-state index contributed by atoms with van der Waals surface area (Å²) in [6.07, 6.45) is 1.25. The Labute approximate surface area is 103 Å². The molecule has 0 aromatic carbocycles. The van der Waals surface area contributed by atoms with Crippen LogP contribution in [-0.4, -0.2) is 40.0 Å². The third kappa shape index (κ3) is 2.58. The topological polar surface area (TPSA) is 90.5 Å². The molecule has 6 heteroatoms. The molecule has 0 bridgehead atoms. The molecule has 6 nitrogen and oxygen atoms in total. The van der Waals surface area contributed by atoms with E-state index in [1.54, 1.807) is 0 Å². The lowest BCUT2D eigenvalue weighted by Crippen LogP contribution is -2.42. The average molecular weight is 250 g/mol. The van der Waals surface area contributed by atoms with Gasteiger partial charge >= 0.3 is 5.97 Å². The first-order chi connectivity index (χ1) is 8.58. The molecule has 0 unspecified atom stereocenters. The van der Waals surface area contributed by atoms with Crippen LogP contribution in [-0.2, 0) is 4.79 Å². The van der Waals surface area contributed by atoms with Crippen molar-refractivity contribution >= 4 is 11.9 Å². The minimum absolute atomic E-state index is 0.199. The maximum absolute atomic E-state index is 12.1. The molecule has 1 saturated heterocycles. The SMILES string of the molecule is O=C(O)[C@H]1CCCN(C(=O)c2cccc(=O)[nH]2)C1. The zero-order chi connectivity index (χ0) is 13.1.